The zero-order valence-corrected chi connectivity index (χ0v) is 20.1. The van der Waals surface area contributed by atoms with Crippen LogP contribution in [-0.4, -0.2) is 94.1 Å². The van der Waals surface area contributed by atoms with Crippen molar-refractivity contribution < 1.29 is 24.6 Å². The zero-order chi connectivity index (χ0) is 24.2. The number of hydrogen-bond donors (Lipinski definition) is 2. The monoisotopic (exact) mass is 479 g/mol. The summed E-state index contributed by atoms with van der Waals surface area (Å²) in [5, 5.41) is 20.3. The maximum atomic E-state index is 12.8. The van der Waals surface area contributed by atoms with E-state index in [2.05, 4.69) is 0 Å². The smallest absolute Gasteiger partial charge is 0.245 e. The van der Waals surface area contributed by atoms with Crippen molar-refractivity contribution in [2.75, 3.05) is 39.3 Å². The lowest BCUT2D eigenvalue weighted by Gasteiger charge is -2.42. The van der Waals surface area contributed by atoms with Crippen LogP contribution in [0.2, 0.25) is 5.02 Å². The molecule has 2 saturated heterocycles. The van der Waals surface area contributed by atoms with Gasteiger partial charge in [0.15, 0.2) is 0 Å². The van der Waals surface area contributed by atoms with Gasteiger partial charge in [-0.3, -0.25) is 14.4 Å². The summed E-state index contributed by atoms with van der Waals surface area (Å²) >= 11 is 6.00. The Morgan fingerprint density at radius 1 is 1.21 bits per heavy atom. The van der Waals surface area contributed by atoms with Crippen molar-refractivity contribution in [3.05, 3.63) is 34.9 Å². The first kappa shape index (κ1) is 25.5. The largest absolute Gasteiger partial charge is 0.396 e. The number of β-amino-alcohol motifs (C(OH)–C–C–N with tert-alkyl or cyclic N) is 1. The van der Waals surface area contributed by atoms with Crippen molar-refractivity contribution in [2.45, 2.75) is 51.7 Å². The molecule has 1 aromatic rings. The summed E-state index contributed by atoms with van der Waals surface area (Å²) in [5.41, 5.74) is 0.249. The van der Waals surface area contributed by atoms with E-state index in [9.17, 15) is 24.6 Å². The number of aliphatic hydroxyl groups is 2. The van der Waals surface area contributed by atoms with Crippen LogP contribution in [0, 0.1) is 5.41 Å². The van der Waals surface area contributed by atoms with Gasteiger partial charge in [-0.05, 0) is 37.5 Å². The molecule has 182 valence electrons. The van der Waals surface area contributed by atoms with E-state index < -0.39 is 17.6 Å². The number of piperazine rings is 1. The molecule has 0 aromatic heterocycles. The lowest BCUT2D eigenvalue weighted by Crippen LogP contribution is -2.58. The van der Waals surface area contributed by atoms with Gasteiger partial charge in [0, 0.05) is 49.6 Å². The van der Waals surface area contributed by atoms with E-state index in [1.165, 1.54) is 0 Å². The standard InChI is InChI=1S/C24H34ClN3O5/c1-17-23(33)26(11-12-28(17)22(32)14-18-5-3-6-19(25)13-18)9-4-7-21(31)27-10-8-24(2,16-29)20(30)15-27/h3,5-6,13,17,20,29-30H,4,7-12,14-16H2,1-2H3/t17-,20+,24+/m0/s1. The number of aliphatic hydroxyl groups excluding tert-OH is 2. The fourth-order valence-corrected chi connectivity index (χ4v) is 4.70. The zero-order valence-electron chi connectivity index (χ0n) is 19.4. The minimum atomic E-state index is -0.750. The van der Waals surface area contributed by atoms with Crippen molar-refractivity contribution in [3.8, 4) is 0 Å². The van der Waals surface area contributed by atoms with Crippen LogP contribution >= 0.6 is 11.6 Å². The highest BCUT2D eigenvalue weighted by atomic mass is 35.5. The van der Waals surface area contributed by atoms with Crippen molar-refractivity contribution in [1.29, 1.82) is 0 Å². The molecule has 0 unspecified atom stereocenters. The number of halogens is 1. The van der Waals surface area contributed by atoms with E-state index in [0.717, 1.165) is 5.56 Å². The molecule has 9 heteroatoms. The van der Waals surface area contributed by atoms with E-state index in [1.807, 2.05) is 13.0 Å². The molecule has 33 heavy (non-hydrogen) atoms. The molecule has 0 radical (unpaired) electrons. The Morgan fingerprint density at radius 2 is 1.97 bits per heavy atom. The molecule has 0 saturated carbocycles. The quantitative estimate of drug-likeness (QED) is 0.614. The number of benzene rings is 1. The Balaban J connectivity index is 1.45. The average Bonchev–Trinajstić information content (AvgIpc) is 2.78. The van der Waals surface area contributed by atoms with Gasteiger partial charge in [0.05, 0.1) is 19.1 Å². The van der Waals surface area contributed by atoms with Gasteiger partial charge in [-0.1, -0.05) is 30.7 Å². The Morgan fingerprint density at radius 3 is 2.64 bits per heavy atom. The number of piperidine rings is 1. The van der Waals surface area contributed by atoms with Gasteiger partial charge < -0.3 is 24.9 Å². The second kappa shape index (κ2) is 10.8. The predicted octanol–water partition coefficient (Wildman–Crippen LogP) is 1.31. The fourth-order valence-electron chi connectivity index (χ4n) is 4.48. The van der Waals surface area contributed by atoms with Gasteiger partial charge in [0.1, 0.15) is 6.04 Å². The molecule has 2 heterocycles. The Hall–Kier alpha value is -2.16. The summed E-state index contributed by atoms with van der Waals surface area (Å²) in [5.74, 6) is -0.267. The highest BCUT2D eigenvalue weighted by molar-refractivity contribution is 6.30. The molecular formula is C24H34ClN3O5. The maximum absolute atomic E-state index is 12.8. The van der Waals surface area contributed by atoms with Gasteiger partial charge in [0.25, 0.3) is 0 Å². The summed E-state index contributed by atoms with van der Waals surface area (Å²) in [6, 6.07) is 6.61. The maximum Gasteiger partial charge on any atom is 0.245 e. The summed E-state index contributed by atoms with van der Waals surface area (Å²) in [4.78, 5) is 43.1. The third kappa shape index (κ3) is 6.05. The molecule has 2 fully saturated rings. The minimum absolute atomic E-state index is 0.0510. The molecule has 3 rings (SSSR count). The Bertz CT molecular complexity index is 881. The third-order valence-electron chi connectivity index (χ3n) is 7.00. The Labute approximate surface area is 200 Å². The van der Waals surface area contributed by atoms with Crippen LogP contribution in [0.15, 0.2) is 24.3 Å². The third-order valence-corrected chi connectivity index (χ3v) is 7.23. The van der Waals surface area contributed by atoms with Crippen LogP contribution in [0.1, 0.15) is 38.7 Å². The highest BCUT2D eigenvalue weighted by Gasteiger charge is 2.39. The lowest BCUT2D eigenvalue weighted by atomic mass is 9.78. The second-order valence-corrected chi connectivity index (χ2v) is 9.85. The molecule has 1 aromatic carbocycles. The van der Waals surface area contributed by atoms with Gasteiger partial charge in [0.2, 0.25) is 17.7 Å². The number of likely N-dealkylation sites (tertiary alicyclic amines) is 1. The van der Waals surface area contributed by atoms with Crippen LogP contribution in [0.5, 0.6) is 0 Å². The van der Waals surface area contributed by atoms with Crippen LogP contribution < -0.4 is 0 Å². The number of amides is 3. The first-order valence-electron chi connectivity index (χ1n) is 11.5. The van der Waals surface area contributed by atoms with Crippen LogP contribution in [0.25, 0.3) is 0 Å². The first-order chi connectivity index (χ1) is 15.6. The van der Waals surface area contributed by atoms with E-state index >= 15 is 0 Å². The van der Waals surface area contributed by atoms with E-state index in [0.29, 0.717) is 44.0 Å². The van der Waals surface area contributed by atoms with E-state index in [4.69, 9.17) is 11.6 Å². The SMILES string of the molecule is C[C@H]1C(=O)N(CCCC(=O)N2CC[C@](C)(CO)[C@H](O)C2)CCN1C(=O)Cc1cccc(Cl)c1. The van der Waals surface area contributed by atoms with Crippen molar-refractivity contribution in [2.24, 2.45) is 5.41 Å². The number of carbonyl (C=O) groups is 3. The van der Waals surface area contributed by atoms with Crippen molar-refractivity contribution in [3.63, 3.8) is 0 Å². The molecule has 0 spiro atoms. The molecule has 2 aliphatic heterocycles. The van der Waals surface area contributed by atoms with Crippen LogP contribution in [0.3, 0.4) is 0 Å². The molecule has 3 atom stereocenters. The normalized spacial score (nSPS) is 26.0. The Kier molecular flexibility index (Phi) is 8.37. The van der Waals surface area contributed by atoms with E-state index in [-0.39, 0.29) is 43.7 Å². The number of rotatable bonds is 7. The first-order valence-corrected chi connectivity index (χ1v) is 11.9. The number of carbonyl (C=O) groups excluding carboxylic acids is 3. The van der Waals surface area contributed by atoms with Crippen LogP contribution in [-0.2, 0) is 20.8 Å². The molecule has 3 amide bonds. The van der Waals surface area contributed by atoms with E-state index in [1.54, 1.807) is 39.8 Å². The highest BCUT2D eigenvalue weighted by Crippen LogP contribution is 2.31. The summed E-state index contributed by atoms with van der Waals surface area (Å²) in [6.45, 7) is 5.54. The molecule has 8 nitrogen and oxygen atoms in total. The molecular weight excluding hydrogens is 446 g/mol. The molecule has 0 bridgehead atoms. The molecule has 2 N–H and O–H groups in total. The van der Waals surface area contributed by atoms with Crippen LogP contribution in [0.4, 0.5) is 0 Å². The fraction of sp³-hybridized carbons (Fsp3) is 0.625. The number of nitrogens with zero attached hydrogens (tertiary/aromatic N) is 3. The average molecular weight is 480 g/mol. The van der Waals surface area contributed by atoms with Gasteiger partial charge in [-0.2, -0.15) is 0 Å². The van der Waals surface area contributed by atoms with Crippen molar-refractivity contribution in [1.82, 2.24) is 14.7 Å². The predicted molar refractivity (Wildman–Crippen MR) is 125 cm³/mol. The van der Waals surface area contributed by atoms with Gasteiger partial charge >= 0.3 is 0 Å². The topological polar surface area (TPSA) is 101 Å². The molecule has 2 aliphatic rings. The molecule has 0 aliphatic carbocycles. The summed E-state index contributed by atoms with van der Waals surface area (Å²) in [7, 11) is 0. The van der Waals surface area contributed by atoms with Gasteiger partial charge in [-0.25, -0.2) is 0 Å². The summed E-state index contributed by atoms with van der Waals surface area (Å²) < 4.78 is 0. The summed E-state index contributed by atoms with van der Waals surface area (Å²) in [6.07, 6.45) is 0.817. The lowest BCUT2D eigenvalue weighted by molar-refractivity contribution is -0.150. The van der Waals surface area contributed by atoms with Crippen molar-refractivity contribution >= 4 is 29.3 Å². The minimum Gasteiger partial charge on any atom is -0.396 e. The van der Waals surface area contributed by atoms with Gasteiger partial charge in [-0.15, -0.1) is 0 Å². The second-order valence-electron chi connectivity index (χ2n) is 9.42. The number of hydrogen-bond acceptors (Lipinski definition) is 5.